The van der Waals surface area contributed by atoms with Crippen molar-refractivity contribution in [1.82, 2.24) is 4.57 Å². The molecule has 0 amide bonds. The topological polar surface area (TPSA) is 48.3 Å². The van der Waals surface area contributed by atoms with E-state index in [0.29, 0.717) is 23.4 Å². The molecule has 24 heavy (non-hydrogen) atoms. The number of carbonyl (C=O) groups excluding carboxylic acids is 2. The molecule has 3 aromatic rings. The highest BCUT2D eigenvalue weighted by molar-refractivity contribution is 6.30. The number of esters is 1. The number of nitrogens with zero attached hydrogens (tertiary/aromatic N) is 1. The van der Waals surface area contributed by atoms with Gasteiger partial charge in [0.15, 0.2) is 6.29 Å². The maximum absolute atomic E-state index is 12.4. The van der Waals surface area contributed by atoms with Gasteiger partial charge in [0.25, 0.3) is 0 Å². The minimum Gasteiger partial charge on any atom is -0.461 e. The Morgan fingerprint density at radius 1 is 1.21 bits per heavy atom. The number of aldehydes is 1. The first-order valence-corrected chi connectivity index (χ1v) is 8.01. The normalized spacial score (nSPS) is 10.8. The van der Waals surface area contributed by atoms with Gasteiger partial charge >= 0.3 is 5.97 Å². The predicted octanol–water partition coefficient (Wildman–Crippen LogP) is 4.33. The lowest BCUT2D eigenvalue weighted by molar-refractivity contribution is 0.0513. The van der Waals surface area contributed by atoms with Crippen LogP contribution in [0.15, 0.2) is 48.5 Å². The van der Waals surface area contributed by atoms with Crippen molar-refractivity contribution in [2.24, 2.45) is 0 Å². The summed E-state index contributed by atoms with van der Waals surface area (Å²) >= 11 is 6.06. The molecule has 0 saturated carbocycles. The van der Waals surface area contributed by atoms with E-state index in [9.17, 15) is 9.59 Å². The van der Waals surface area contributed by atoms with E-state index in [1.165, 1.54) is 0 Å². The van der Waals surface area contributed by atoms with Crippen molar-refractivity contribution in [2.45, 2.75) is 13.5 Å². The molecule has 0 atom stereocenters. The van der Waals surface area contributed by atoms with Crippen molar-refractivity contribution in [1.29, 1.82) is 0 Å². The fourth-order valence-electron chi connectivity index (χ4n) is 2.85. The highest BCUT2D eigenvalue weighted by Gasteiger charge is 2.23. The molecule has 0 saturated heterocycles. The first-order valence-electron chi connectivity index (χ1n) is 7.63. The van der Waals surface area contributed by atoms with Crippen LogP contribution in [0.3, 0.4) is 0 Å². The number of rotatable bonds is 5. The molecule has 0 fully saturated rings. The summed E-state index contributed by atoms with van der Waals surface area (Å²) < 4.78 is 6.97. The van der Waals surface area contributed by atoms with Gasteiger partial charge in [-0.15, -0.1) is 0 Å². The third-order valence-corrected chi connectivity index (χ3v) is 4.06. The van der Waals surface area contributed by atoms with Gasteiger partial charge in [-0.3, -0.25) is 4.79 Å². The highest BCUT2D eigenvalue weighted by Crippen LogP contribution is 2.27. The van der Waals surface area contributed by atoms with E-state index in [-0.39, 0.29) is 12.3 Å². The van der Waals surface area contributed by atoms with Gasteiger partial charge < -0.3 is 9.30 Å². The number of halogens is 1. The zero-order valence-corrected chi connectivity index (χ0v) is 13.9. The Morgan fingerprint density at radius 2 is 2.00 bits per heavy atom. The monoisotopic (exact) mass is 341 g/mol. The average Bonchev–Trinajstić information content (AvgIpc) is 2.89. The number of aromatic nitrogens is 1. The second-order valence-corrected chi connectivity index (χ2v) is 5.77. The summed E-state index contributed by atoms with van der Waals surface area (Å²) in [6.07, 6.45) is 0.711. The molecule has 0 radical (unpaired) electrons. The fraction of sp³-hybridized carbons (Fsp3) is 0.158. The Labute approximate surface area is 144 Å². The Bertz CT molecular complexity index is 914. The van der Waals surface area contributed by atoms with Crippen LogP contribution in [0.1, 0.15) is 33.3 Å². The number of hydrogen-bond acceptors (Lipinski definition) is 3. The molecule has 0 bridgehead atoms. The van der Waals surface area contributed by atoms with Crippen molar-refractivity contribution >= 4 is 34.8 Å². The Kier molecular flexibility index (Phi) is 4.67. The molecular weight excluding hydrogens is 326 g/mol. The average molecular weight is 342 g/mol. The molecule has 4 nitrogen and oxygen atoms in total. The van der Waals surface area contributed by atoms with Crippen LogP contribution in [0, 0.1) is 0 Å². The largest absolute Gasteiger partial charge is 0.461 e. The minimum absolute atomic E-state index is 0.246. The summed E-state index contributed by atoms with van der Waals surface area (Å²) in [6, 6.07) is 14.8. The highest BCUT2D eigenvalue weighted by atomic mass is 35.5. The standard InChI is InChI=1S/C19H16ClNO3/c1-2-24-19(23)18-16(12-22)15-8-3-4-9-17(15)21(18)11-13-6-5-7-14(20)10-13/h3-10,12H,2,11H2,1H3. The second kappa shape index (κ2) is 6.89. The van der Waals surface area contributed by atoms with Crippen LogP contribution in [0.4, 0.5) is 0 Å². The number of ether oxygens (including phenoxy) is 1. The zero-order chi connectivity index (χ0) is 17.1. The third-order valence-electron chi connectivity index (χ3n) is 3.83. The number of benzene rings is 2. The van der Waals surface area contributed by atoms with Crippen LogP contribution >= 0.6 is 11.6 Å². The molecule has 2 aromatic carbocycles. The summed E-state index contributed by atoms with van der Waals surface area (Å²) in [6.45, 7) is 2.40. The number of hydrogen-bond donors (Lipinski definition) is 0. The predicted molar refractivity (Wildman–Crippen MR) is 93.8 cm³/mol. The quantitative estimate of drug-likeness (QED) is 0.512. The van der Waals surface area contributed by atoms with E-state index in [1.807, 2.05) is 47.0 Å². The molecule has 122 valence electrons. The van der Waals surface area contributed by atoms with Crippen LogP contribution in [0.25, 0.3) is 10.9 Å². The molecule has 0 spiro atoms. The lowest BCUT2D eigenvalue weighted by atomic mass is 10.1. The zero-order valence-electron chi connectivity index (χ0n) is 13.2. The van der Waals surface area contributed by atoms with Gasteiger partial charge in [0.05, 0.1) is 12.2 Å². The SMILES string of the molecule is CCOC(=O)c1c(C=O)c2ccccc2n1Cc1cccc(Cl)c1. The first-order chi connectivity index (χ1) is 11.7. The molecule has 0 unspecified atom stereocenters. The van der Waals surface area contributed by atoms with Crippen LogP contribution < -0.4 is 0 Å². The van der Waals surface area contributed by atoms with Crippen molar-refractivity contribution in [3.05, 3.63) is 70.4 Å². The second-order valence-electron chi connectivity index (χ2n) is 5.33. The fourth-order valence-corrected chi connectivity index (χ4v) is 3.06. The molecule has 1 aromatic heterocycles. The van der Waals surface area contributed by atoms with Gasteiger partial charge in [-0.2, -0.15) is 0 Å². The van der Waals surface area contributed by atoms with E-state index in [2.05, 4.69) is 0 Å². The molecule has 1 heterocycles. The van der Waals surface area contributed by atoms with Gasteiger partial charge in [0.2, 0.25) is 0 Å². The lowest BCUT2D eigenvalue weighted by Gasteiger charge is -2.11. The lowest BCUT2D eigenvalue weighted by Crippen LogP contribution is -2.14. The van der Waals surface area contributed by atoms with Gasteiger partial charge in [0.1, 0.15) is 5.69 Å². The van der Waals surface area contributed by atoms with E-state index >= 15 is 0 Å². The van der Waals surface area contributed by atoms with Gasteiger partial charge in [-0.05, 0) is 30.7 Å². The molecule has 0 aliphatic heterocycles. The van der Waals surface area contributed by atoms with Gasteiger partial charge in [-0.1, -0.05) is 41.9 Å². The van der Waals surface area contributed by atoms with Crippen molar-refractivity contribution in [3.63, 3.8) is 0 Å². The number of fused-ring (bicyclic) bond motifs is 1. The Morgan fingerprint density at radius 3 is 2.71 bits per heavy atom. The Hall–Kier alpha value is -2.59. The van der Waals surface area contributed by atoms with E-state index < -0.39 is 5.97 Å². The van der Waals surface area contributed by atoms with Crippen LogP contribution in [-0.2, 0) is 11.3 Å². The van der Waals surface area contributed by atoms with Crippen LogP contribution in [0.5, 0.6) is 0 Å². The Balaban J connectivity index is 2.22. The molecule has 0 N–H and O–H groups in total. The summed E-state index contributed by atoms with van der Waals surface area (Å²) in [5.41, 5.74) is 2.37. The van der Waals surface area contributed by atoms with Gasteiger partial charge in [0, 0.05) is 22.5 Å². The first kappa shape index (κ1) is 16.3. The van der Waals surface area contributed by atoms with E-state index in [1.54, 1.807) is 13.0 Å². The van der Waals surface area contributed by atoms with E-state index in [0.717, 1.165) is 16.5 Å². The summed E-state index contributed by atoms with van der Waals surface area (Å²) in [5.74, 6) is -0.502. The van der Waals surface area contributed by atoms with Crippen LogP contribution in [0.2, 0.25) is 5.02 Å². The molecular formula is C19H16ClNO3. The van der Waals surface area contributed by atoms with Crippen LogP contribution in [-0.4, -0.2) is 23.4 Å². The molecule has 0 aliphatic rings. The molecule has 5 heteroatoms. The minimum atomic E-state index is -0.502. The number of para-hydroxylation sites is 1. The van der Waals surface area contributed by atoms with Crippen molar-refractivity contribution in [2.75, 3.05) is 6.61 Å². The van der Waals surface area contributed by atoms with Crippen molar-refractivity contribution in [3.8, 4) is 0 Å². The summed E-state index contributed by atoms with van der Waals surface area (Å²) in [5, 5.41) is 1.36. The summed E-state index contributed by atoms with van der Waals surface area (Å²) in [4.78, 5) is 24.1. The summed E-state index contributed by atoms with van der Waals surface area (Å²) in [7, 11) is 0. The maximum Gasteiger partial charge on any atom is 0.355 e. The number of carbonyl (C=O) groups is 2. The van der Waals surface area contributed by atoms with Crippen molar-refractivity contribution < 1.29 is 14.3 Å². The maximum atomic E-state index is 12.4. The molecule has 0 aliphatic carbocycles. The molecule has 3 rings (SSSR count). The van der Waals surface area contributed by atoms with Gasteiger partial charge in [-0.25, -0.2) is 4.79 Å². The van der Waals surface area contributed by atoms with E-state index in [4.69, 9.17) is 16.3 Å². The third kappa shape index (κ3) is 2.93. The smallest absolute Gasteiger partial charge is 0.355 e.